The van der Waals surface area contributed by atoms with Crippen LogP contribution in [0.5, 0.6) is 5.75 Å². The molecule has 0 aliphatic carbocycles. The molecule has 3 aromatic rings. The van der Waals surface area contributed by atoms with E-state index in [1.807, 2.05) is 30.3 Å². The highest BCUT2D eigenvalue weighted by atomic mass is 35.5. The summed E-state index contributed by atoms with van der Waals surface area (Å²) in [4.78, 5) is 13.6. The summed E-state index contributed by atoms with van der Waals surface area (Å²) in [5.41, 5.74) is 3.86. The van der Waals surface area contributed by atoms with Gasteiger partial charge in [0.15, 0.2) is 5.65 Å². The summed E-state index contributed by atoms with van der Waals surface area (Å²) in [7, 11) is 1.58. The van der Waals surface area contributed by atoms with Gasteiger partial charge in [-0.05, 0) is 54.3 Å². The maximum Gasteiger partial charge on any atom is 0.224 e. The van der Waals surface area contributed by atoms with Gasteiger partial charge < -0.3 is 14.6 Å². The molecule has 1 saturated heterocycles. The van der Waals surface area contributed by atoms with Gasteiger partial charge in [0.1, 0.15) is 5.75 Å². The molecule has 1 aliphatic heterocycles. The van der Waals surface area contributed by atoms with Crippen LogP contribution in [0.3, 0.4) is 0 Å². The number of benzene rings is 1. The molecule has 0 amide bonds. The molecule has 4 rings (SSSR count). The van der Waals surface area contributed by atoms with E-state index in [0.29, 0.717) is 22.9 Å². The molecule has 0 radical (unpaired) electrons. The maximum absolute atomic E-state index is 9.59. The molecule has 28 heavy (non-hydrogen) atoms. The second kappa shape index (κ2) is 7.99. The zero-order chi connectivity index (χ0) is 19.7. The average Bonchev–Trinajstić information content (AvgIpc) is 2.72. The molecule has 7 heteroatoms. The van der Waals surface area contributed by atoms with Crippen molar-refractivity contribution < 1.29 is 14.6 Å². The Morgan fingerprint density at radius 2 is 2.07 bits per heavy atom. The summed E-state index contributed by atoms with van der Waals surface area (Å²) >= 11 is 6.23. The summed E-state index contributed by atoms with van der Waals surface area (Å²) in [6.07, 6.45) is 0.906. The van der Waals surface area contributed by atoms with Crippen molar-refractivity contribution >= 4 is 22.6 Å². The van der Waals surface area contributed by atoms with Crippen molar-refractivity contribution in [3.63, 3.8) is 0 Å². The van der Waals surface area contributed by atoms with Gasteiger partial charge in [-0.1, -0.05) is 6.92 Å². The highest BCUT2D eigenvalue weighted by Gasteiger charge is 2.27. The summed E-state index contributed by atoms with van der Waals surface area (Å²) in [6, 6.07) is 9.58. The van der Waals surface area contributed by atoms with Gasteiger partial charge in [0, 0.05) is 35.6 Å². The van der Waals surface area contributed by atoms with E-state index in [1.165, 1.54) is 0 Å². The molecule has 1 unspecified atom stereocenters. The van der Waals surface area contributed by atoms with Gasteiger partial charge >= 0.3 is 0 Å². The number of aromatic nitrogens is 3. The van der Waals surface area contributed by atoms with Crippen molar-refractivity contribution in [1.82, 2.24) is 15.0 Å². The molecule has 0 saturated carbocycles. The number of methoxy groups -OCH3 is 1. The Morgan fingerprint density at radius 1 is 1.21 bits per heavy atom. The molecule has 1 aliphatic rings. The number of pyridine rings is 1. The summed E-state index contributed by atoms with van der Waals surface area (Å²) in [5, 5.41) is 10.7. The number of hydrogen-bond acceptors (Lipinski definition) is 6. The normalized spacial score (nSPS) is 19.7. The minimum atomic E-state index is -0.107. The SMILES string of the molecule is COc1ccc(-c2ccc3c(C4CCOC[C@@H]4C)nc(Cl)nc3n2)cc1CO. The highest BCUT2D eigenvalue weighted by Crippen LogP contribution is 2.35. The van der Waals surface area contributed by atoms with Crippen LogP contribution >= 0.6 is 11.6 Å². The van der Waals surface area contributed by atoms with E-state index in [9.17, 15) is 5.11 Å². The smallest absolute Gasteiger partial charge is 0.224 e. The number of aliphatic hydroxyl groups excluding tert-OH is 1. The fourth-order valence-electron chi connectivity index (χ4n) is 3.80. The molecule has 0 bridgehead atoms. The number of rotatable bonds is 4. The first kappa shape index (κ1) is 19.1. The van der Waals surface area contributed by atoms with Crippen molar-refractivity contribution in [3.8, 4) is 17.0 Å². The van der Waals surface area contributed by atoms with Gasteiger partial charge in [-0.3, -0.25) is 0 Å². The van der Waals surface area contributed by atoms with Crippen LogP contribution in [0.2, 0.25) is 5.28 Å². The zero-order valence-corrected chi connectivity index (χ0v) is 16.6. The van der Waals surface area contributed by atoms with Crippen molar-refractivity contribution in [2.75, 3.05) is 20.3 Å². The molecular weight excluding hydrogens is 378 g/mol. The molecule has 6 nitrogen and oxygen atoms in total. The van der Waals surface area contributed by atoms with Gasteiger partial charge in [-0.2, -0.15) is 4.98 Å². The second-order valence-corrected chi connectivity index (χ2v) is 7.42. The second-order valence-electron chi connectivity index (χ2n) is 7.08. The van der Waals surface area contributed by atoms with E-state index >= 15 is 0 Å². The Labute approximate surface area is 168 Å². The third kappa shape index (κ3) is 3.55. The van der Waals surface area contributed by atoms with Gasteiger partial charge in [0.05, 0.1) is 25.1 Å². The predicted molar refractivity (Wildman–Crippen MR) is 108 cm³/mol. The Hall–Kier alpha value is -2.28. The molecular formula is C21H22ClN3O3. The zero-order valence-electron chi connectivity index (χ0n) is 15.9. The first-order valence-electron chi connectivity index (χ1n) is 9.30. The van der Waals surface area contributed by atoms with E-state index in [0.717, 1.165) is 42.0 Å². The number of nitrogens with zero attached hydrogens (tertiary/aromatic N) is 3. The van der Waals surface area contributed by atoms with Crippen molar-refractivity contribution in [2.24, 2.45) is 5.92 Å². The van der Waals surface area contributed by atoms with Gasteiger partial charge in [-0.15, -0.1) is 0 Å². The van der Waals surface area contributed by atoms with Crippen LogP contribution in [0.25, 0.3) is 22.3 Å². The topological polar surface area (TPSA) is 77.4 Å². The molecule has 1 aromatic carbocycles. The van der Waals surface area contributed by atoms with E-state index < -0.39 is 0 Å². The number of ether oxygens (including phenoxy) is 2. The van der Waals surface area contributed by atoms with Crippen molar-refractivity contribution in [3.05, 3.63) is 46.9 Å². The summed E-state index contributed by atoms with van der Waals surface area (Å²) in [5.74, 6) is 1.27. The first-order valence-corrected chi connectivity index (χ1v) is 9.68. The Bertz CT molecular complexity index is 1010. The van der Waals surface area contributed by atoms with E-state index in [4.69, 9.17) is 26.1 Å². The summed E-state index contributed by atoms with van der Waals surface area (Å²) in [6.45, 7) is 3.50. The van der Waals surface area contributed by atoms with E-state index in [1.54, 1.807) is 7.11 Å². The molecule has 146 valence electrons. The lowest BCUT2D eigenvalue weighted by atomic mass is 9.85. The maximum atomic E-state index is 9.59. The van der Waals surface area contributed by atoms with Crippen molar-refractivity contribution in [1.29, 1.82) is 0 Å². The molecule has 1 fully saturated rings. The molecule has 2 atom stereocenters. The average molecular weight is 400 g/mol. The Balaban J connectivity index is 1.80. The van der Waals surface area contributed by atoms with Crippen LogP contribution in [0, 0.1) is 5.92 Å². The van der Waals surface area contributed by atoms with Gasteiger partial charge in [0.25, 0.3) is 0 Å². The monoisotopic (exact) mass is 399 g/mol. The quantitative estimate of drug-likeness (QED) is 0.668. The van der Waals surface area contributed by atoms with Crippen molar-refractivity contribution in [2.45, 2.75) is 25.9 Å². The fraction of sp³-hybridized carbons (Fsp3) is 0.381. The number of halogens is 1. The van der Waals surface area contributed by atoms with Gasteiger partial charge in [0.2, 0.25) is 5.28 Å². The molecule has 3 heterocycles. The highest BCUT2D eigenvalue weighted by molar-refractivity contribution is 6.28. The number of aliphatic hydroxyl groups is 1. The fourth-order valence-corrected chi connectivity index (χ4v) is 3.97. The minimum Gasteiger partial charge on any atom is -0.496 e. The van der Waals surface area contributed by atoms with Crippen LogP contribution in [-0.4, -0.2) is 40.4 Å². The van der Waals surface area contributed by atoms with Crippen LogP contribution in [0.4, 0.5) is 0 Å². The lowest BCUT2D eigenvalue weighted by Gasteiger charge is -2.29. The summed E-state index contributed by atoms with van der Waals surface area (Å²) < 4.78 is 10.8. The minimum absolute atomic E-state index is 0.107. The number of fused-ring (bicyclic) bond motifs is 1. The van der Waals surface area contributed by atoms with Crippen LogP contribution in [-0.2, 0) is 11.3 Å². The molecule has 2 aromatic heterocycles. The van der Waals surface area contributed by atoms with E-state index in [-0.39, 0.29) is 17.8 Å². The lowest BCUT2D eigenvalue weighted by Crippen LogP contribution is -2.24. The molecule has 0 spiro atoms. The molecule has 1 N–H and O–H groups in total. The van der Waals surface area contributed by atoms with Crippen LogP contribution in [0.15, 0.2) is 30.3 Å². The largest absolute Gasteiger partial charge is 0.496 e. The van der Waals surface area contributed by atoms with Crippen LogP contribution < -0.4 is 4.74 Å². The van der Waals surface area contributed by atoms with Crippen LogP contribution in [0.1, 0.15) is 30.5 Å². The third-order valence-electron chi connectivity index (χ3n) is 5.30. The predicted octanol–water partition coefficient (Wildman–Crippen LogP) is 3.99. The standard InChI is InChI=1S/C21H22ClN3O3/c1-12-11-28-8-7-15(12)19-16-4-5-17(23-20(16)25-21(22)24-19)13-3-6-18(27-2)14(9-13)10-26/h3-6,9,12,15,26H,7-8,10-11H2,1-2H3/t12-,15?/m0/s1. The lowest BCUT2D eigenvalue weighted by molar-refractivity contribution is 0.0466. The Morgan fingerprint density at radius 3 is 2.82 bits per heavy atom. The first-order chi connectivity index (χ1) is 13.6. The van der Waals surface area contributed by atoms with Gasteiger partial charge in [-0.25, -0.2) is 9.97 Å². The van der Waals surface area contributed by atoms with E-state index in [2.05, 4.69) is 16.9 Å². The Kier molecular flexibility index (Phi) is 5.44. The number of hydrogen-bond donors (Lipinski definition) is 1. The third-order valence-corrected chi connectivity index (χ3v) is 5.47.